The Morgan fingerprint density at radius 1 is 1.07 bits per heavy atom. The molecule has 1 aromatic carbocycles. The lowest BCUT2D eigenvalue weighted by Crippen LogP contribution is -2.41. The van der Waals surface area contributed by atoms with Crippen molar-refractivity contribution in [3.63, 3.8) is 0 Å². The number of carbonyl (C=O) groups excluding carboxylic acids is 1. The van der Waals surface area contributed by atoms with Gasteiger partial charge >= 0.3 is 6.09 Å². The maximum Gasteiger partial charge on any atom is 0.410 e. The van der Waals surface area contributed by atoms with Crippen molar-refractivity contribution in [3.8, 4) is 5.75 Å². The van der Waals surface area contributed by atoms with Gasteiger partial charge in [-0.05, 0) is 54.4 Å². The standard InChI is InChI=1S/C19H31BrNO7P/c1-7-26-19(22)21(13-17(24-5)25-6)18(29(27-8-2)28-9-3)14-10-11-16(23-4)15(20)12-14/h10-12,17-18H,7-9,13H2,1-6H3. The summed E-state index contributed by atoms with van der Waals surface area (Å²) >= 11 is 3.51. The number of hydrogen-bond acceptors (Lipinski definition) is 7. The molecule has 0 aliphatic rings. The Morgan fingerprint density at radius 3 is 2.14 bits per heavy atom. The second-order valence-electron chi connectivity index (χ2n) is 5.64. The van der Waals surface area contributed by atoms with Crippen LogP contribution in [0.25, 0.3) is 0 Å². The molecule has 0 saturated heterocycles. The molecule has 0 N–H and O–H groups in total. The van der Waals surface area contributed by atoms with Crippen LogP contribution in [0.5, 0.6) is 5.75 Å². The van der Waals surface area contributed by atoms with Crippen LogP contribution >= 0.6 is 24.3 Å². The molecule has 1 rings (SSSR count). The predicted octanol–water partition coefficient (Wildman–Crippen LogP) is 4.92. The minimum atomic E-state index is -1.50. The molecule has 0 spiro atoms. The van der Waals surface area contributed by atoms with E-state index in [2.05, 4.69) is 15.9 Å². The highest BCUT2D eigenvalue weighted by Crippen LogP contribution is 2.55. The molecule has 0 bridgehead atoms. The molecule has 166 valence electrons. The van der Waals surface area contributed by atoms with Gasteiger partial charge in [0, 0.05) is 14.2 Å². The first-order valence-corrected chi connectivity index (χ1v) is 11.4. The molecule has 1 unspecified atom stereocenters. The van der Waals surface area contributed by atoms with E-state index in [9.17, 15) is 4.79 Å². The fourth-order valence-electron chi connectivity index (χ4n) is 2.58. The Balaban J connectivity index is 3.48. The highest BCUT2D eigenvalue weighted by atomic mass is 79.9. The van der Waals surface area contributed by atoms with Gasteiger partial charge in [0.1, 0.15) is 11.5 Å². The molecule has 0 aliphatic carbocycles. The maximum absolute atomic E-state index is 12.9. The Morgan fingerprint density at radius 2 is 1.69 bits per heavy atom. The summed E-state index contributed by atoms with van der Waals surface area (Å²) in [5.74, 6) is 0.137. The van der Waals surface area contributed by atoms with Gasteiger partial charge in [0.05, 0.1) is 37.9 Å². The summed E-state index contributed by atoms with van der Waals surface area (Å²) in [6.45, 7) is 6.78. The van der Waals surface area contributed by atoms with Crippen molar-refractivity contribution in [3.05, 3.63) is 28.2 Å². The molecule has 0 aliphatic heterocycles. The van der Waals surface area contributed by atoms with Crippen molar-refractivity contribution < 1.29 is 32.8 Å². The van der Waals surface area contributed by atoms with E-state index in [0.717, 1.165) is 10.0 Å². The largest absolute Gasteiger partial charge is 0.496 e. The van der Waals surface area contributed by atoms with Gasteiger partial charge in [-0.15, -0.1) is 0 Å². The number of ether oxygens (including phenoxy) is 4. The van der Waals surface area contributed by atoms with Crippen molar-refractivity contribution in [2.24, 2.45) is 0 Å². The number of methoxy groups -OCH3 is 3. The van der Waals surface area contributed by atoms with E-state index in [0.29, 0.717) is 19.0 Å². The van der Waals surface area contributed by atoms with Gasteiger partial charge in [-0.3, -0.25) is 4.90 Å². The molecule has 8 nitrogen and oxygen atoms in total. The molecule has 0 radical (unpaired) electrons. The van der Waals surface area contributed by atoms with Crippen LogP contribution in [-0.2, 0) is 23.3 Å². The number of hydrogen-bond donors (Lipinski definition) is 0. The average molecular weight is 496 g/mol. The lowest BCUT2D eigenvalue weighted by molar-refractivity contribution is -0.115. The molecular weight excluding hydrogens is 465 g/mol. The van der Waals surface area contributed by atoms with Crippen LogP contribution in [0.15, 0.2) is 22.7 Å². The van der Waals surface area contributed by atoms with Crippen molar-refractivity contribution in [1.29, 1.82) is 0 Å². The Labute approximate surface area is 182 Å². The van der Waals surface area contributed by atoms with Crippen molar-refractivity contribution in [2.45, 2.75) is 32.8 Å². The highest BCUT2D eigenvalue weighted by molar-refractivity contribution is 9.10. The molecule has 0 aromatic heterocycles. The predicted molar refractivity (Wildman–Crippen MR) is 115 cm³/mol. The number of carbonyl (C=O) groups is 1. The fourth-order valence-corrected chi connectivity index (χ4v) is 4.82. The molecule has 0 fully saturated rings. The molecule has 1 aromatic rings. The average Bonchev–Trinajstić information content (AvgIpc) is 2.71. The second kappa shape index (κ2) is 14.1. The normalized spacial score (nSPS) is 12.3. The number of amides is 1. The number of benzene rings is 1. The van der Waals surface area contributed by atoms with E-state index >= 15 is 0 Å². The topological polar surface area (TPSA) is 75.7 Å². The summed E-state index contributed by atoms with van der Waals surface area (Å²) in [6, 6.07) is 5.59. The molecular formula is C19H31BrNO7P. The van der Waals surface area contributed by atoms with Gasteiger partial charge in [0.15, 0.2) is 14.7 Å². The lowest BCUT2D eigenvalue weighted by atomic mass is 10.2. The van der Waals surface area contributed by atoms with Crippen LogP contribution in [0.4, 0.5) is 4.79 Å². The third-order valence-electron chi connectivity index (χ3n) is 3.86. The van der Waals surface area contributed by atoms with Crippen molar-refractivity contribution >= 4 is 30.4 Å². The molecule has 1 amide bonds. The van der Waals surface area contributed by atoms with E-state index in [4.69, 9.17) is 28.0 Å². The Hall–Kier alpha value is -0.960. The molecule has 0 saturated carbocycles. The van der Waals surface area contributed by atoms with E-state index in [1.807, 2.05) is 32.0 Å². The fraction of sp³-hybridized carbons (Fsp3) is 0.632. The van der Waals surface area contributed by atoms with Crippen LogP contribution in [0.1, 0.15) is 32.1 Å². The second-order valence-corrected chi connectivity index (χ2v) is 8.07. The summed E-state index contributed by atoms with van der Waals surface area (Å²) in [7, 11) is 3.13. The third-order valence-corrected chi connectivity index (χ3v) is 6.48. The summed E-state index contributed by atoms with van der Waals surface area (Å²) < 4.78 is 33.9. The monoisotopic (exact) mass is 495 g/mol. The van der Waals surface area contributed by atoms with Crippen LogP contribution in [-0.4, -0.2) is 65.0 Å². The van der Waals surface area contributed by atoms with Gasteiger partial charge < -0.3 is 28.0 Å². The summed E-state index contributed by atoms with van der Waals surface area (Å²) in [4.78, 5) is 14.4. The van der Waals surface area contributed by atoms with Gasteiger partial charge in [-0.1, -0.05) is 6.07 Å². The molecule has 29 heavy (non-hydrogen) atoms. The van der Waals surface area contributed by atoms with E-state index in [1.54, 1.807) is 14.0 Å². The minimum Gasteiger partial charge on any atom is -0.496 e. The number of nitrogens with zero attached hydrogens (tertiary/aromatic N) is 1. The zero-order chi connectivity index (χ0) is 21.8. The first-order valence-electron chi connectivity index (χ1n) is 9.34. The summed E-state index contributed by atoms with van der Waals surface area (Å²) in [5, 5.41) is 0. The number of halogens is 1. The van der Waals surface area contributed by atoms with E-state index in [-0.39, 0.29) is 13.2 Å². The third kappa shape index (κ3) is 7.66. The first-order chi connectivity index (χ1) is 14.0. The highest BCUT2D eigenvalue weighted by Gasteiger charge is 2.37. The molecule has 1 atom stereocenters. The zero-order valence-corrected chi connectivity index (χ0v) is 20.3. The Bertz CT molecular complexity index is 612. The summed E-state index contributed by atoms with van der Waals surface area (Å²) in [5.41, 5.74) is 0.810. The van der Waals surface area contributed by atoms with Crippen molar-refractivity contribution in [2.75, 3.05) is 47.7 Å². The molecule has 0 heterocycles. The van der Waals surface area contributed by atoms with Gasteiger partial charge in [-0.2, -0.15) is 0 Å². The van der Waals surface area contributed by atoms with Crippen LogP contribution in [0.3, 0.4) is 0 Å². The van der Waals surface area contributed by atoms with Gasteiger partial charge in [-0.25, -0.2) is 4.79 Å². The zero-order valence-electron chi connectivity index (χ0n) is 17.8. The molecule has 10 heteroatoms. The quantitative estimate of drug-likeness (QED) is 0.284. The van der Waals surface area contributed by atoms with Crippen molar-refractivity contribution in [1.82, 2.24) is 4.90 Å². The van der Waals surface area contributed by atoms with E-state index < -0.39 is 26.5 Å². The smallest absolute Gasteiger partial charge is 0.410 e. The van der Waals surface area contributed by atoms with Gasteiger partial charge in [0.25, 0.3) is 0 Å². The number of rotatable bonds is 13. The SMILES string of the molecule is CCOC(=O)N(CC(OC)OC)C(c1ccc(OC)c(Br)c1)P(OCC)OCC. The van der Waals surface area contributed by atoms with E-state index in [1.165, 1.54) is 19.1 Å². The Kier molecular flexibility index (Phi) is 12.7. The minimum absolute atomic E-state index is 0.138. The lowest BCUT2D eigenvalue weighted by Gasteiger charge is -2.36. The van der Waals surface area contributed by atoms with Crippen LogP contribution in [0.2, 0.25) is 0 Å². The van der Waals surface area contributed by atoms with Gasteiger partial charge in [0.2, 0.25) is 0 Å². The first kappa shape index (κ1) is 26.1. The summed E-state index contributed by atoms with van der Waals surface area (Å²) in [6.07, 6.45) is -1.14. The van der Waals surface area contributed by atoms with Crippen LogP contribution in [0, 0.1) is 0 Å². The van der Waals surface area contributed by atoms with Crippen LogP contribution < -0.4 is 4.74 Å². The maximum atomic E-state index is 12.9.